The third-order valence-corrected chi connectivity index (χ3v) is 4.32. The Morgan fingerprint density at radius 2 is 2.05 bits per heavy atom. The minimum Gasteiger partial charge on any atom is -0.392 e. The molecule has 1 aromatic rings. The molecule has 0 bridgehead atoms. The molecule has 106 valence electrons. The molecule has 1 aliphatic heterocycles. The minimum atomic E-state index is 0.0923. The lowest BCUT2D eigenvalue weighted by molar-refractivity contribution is 0.281. The number of nitrogens with zero attached hydrogens (tertiary/aromatic N) is 2. The Bertz CT molecular complexity index is 431. The summed E-state index contributed by atoms with van der Waals surface area (Å²) >= 11 is 0. The number of aromatic nitrogens is 1. The van der Waals surface area contributed by atoms with Crippen LogP contribution < -0.4 is 4.90 Å². The average molecular weight is 262 g/mol. The van der Waals surface area contributed by atoms with Crippen molar-refractivity contribution < 1.29 is 5.11 Å². The second kappa shape index (κ2) is 5.91. The third kappa shape index (κ3) is 3.27. The molecule has 2 atom stereocenters. The summed E-state index contributed by atoms with van der Waals surface area (Å²) in [6, 6.07) is 4.05. The number of rotatable bonds is 3. The molecule has 0 aliphatic carbocycles. The highest BCUT2D eigenvalue weighted by molar-refractivity contribution is 5.43. The Hall–Kier alpha value is -1.09. The van der Waals surface area contributed by atoms with Crippen LogP contribution in [0.15, 0.2) is 12.1 Å². The van der Waals surface area contributed by atoms with E-state index in [9.17, 15) is 5.11 Å². The number of hydrogen-bond acceptors (Lipinski definition) is 3. The predicted molar refractivity (Wildman–Crippen MR) is 79.4 cm³/mol. The molecule has 0 radical (unpaired) electrons. The fraction of sp³-hybridized carbons (Fsp3) is 0.688. The van der Waals surface area contributed by atoms with Crippen molar-refractivity contribution >= 4 is 5.82 Å². The van der Waals surface area contributed by atoms with Crippen LogP contribution in [0.5, 0.6) is 0 Å². The van der Waals surface area contributed by atoms with E-state index >= 15 is 0 Å². The first-order chi connectivity index (χ1) is 9.01. The summed E-state index contributed by atoms with van der Waals surface area (Å²) in [6.07, 6.45) is 1.23. The molecule has 1 saturated heterocycles. The molecule has 1 aliphatic rings. The van der Waals surface area contributed by atoms with Gasteiger partial charge in [-0.25, -0.2) is 4.98 Å². The molecule has 3 heteroatoms. The van der Waals surface area contributed by atoms with Gasteiger partial charge in [0.1, 0.15) is 5.82 Å². The van der Waals surface area contributed by atoms with E-state index in [1.54, 1.807) is 0 Å². The summed E-state index contributed by atoms with van der Waals surface area (Å²) in [5.74, 6) is 2.93. The van der Waals surface area contributed by atoms with Gasteiger partial charge in [0.05, 0.1) is 6.61 Å². The van der Waals surface area contributed by atoms with Gasteiger partial charge in [-0.15, -0.1) is 0 Å². The monoisotopic (exact) mass is 262 g/mol. The summed E-state index contributed by atoms with van der Waals surface area (Å²) in [6.45, 7) is 11.2. The average Bonchev–Trinajstić information content (AvgIpc) is 2.41. The highest BCUT2D eigenvalue weighted by atomic mass is 16.3. The van der Waals surface area contributed by atoms with Gasteiger partial charge in [0.15, 0.2) is 0 Å². The van der Waals surface area contributed by atoms with E-state index in [-0.39, 0.29) is 6.61 Å². The molecule has 1 aromatic heterocycles. The zero-order valence-corrected chi connectivity index (χ0v) is 12.6. The van der Waals surface area contributed by atoms with E-state index in [1.807, 2.05) is 12.1 Å². The number of aliphatic hydroxyl groups excluding tert-OH is 1. The molecule has 2 heterocycles. The SMILES string of the molecule is CC(C)c1cc(CO)cc(N2CCC(C)C(C)C2)n1. The van der Waals surface area contributed by atoms with Gasteiger partial charge in [-0.1, -0.05) is 27.7 Å². The van der Waals surface area contributed by atoms with E-state index in [1.165, 1.54) is 6.42 Å². The van der Waals surface area contributed by atoms with E-state index in [0.29, 0.717) is 11.8 Å². The second-order valence-corrected chi connectivity index (χ2v) is 6.26. The maximum absolute atomic E-state index is 9.41. The van der Waals surface area contributed by atoms with Crippen LogP contribution in [-0.2, 0) is 6.61 Å². The number of aliphatic hydroxyl groups is 1. The molecule has 2 unspecified atom stereocenters. The van der Waals surface area contributed by atoms with E-state index in [4.69, 9.17) is 4.98 Å². The van der Waals surface area contributed by atoms with Gasteiger partial charge >= 0.3 is 0 Å². The van der Waals surface area contributed by atoms with Crippen LogP contribution >= 0.6 is 0 Å². The largest absolute Gasteiger partial charge is 0.392 e. The molecule has 0 spiro atoms. The van der Waals surface area contributed by atoms with Crippen LogP contribution in [0.4, 0.5) is 5.82 Å². The molecule has 2 rings (SSSR count). The van der Waals surface area contributed by atoms with Crippen LogP contribution in [0.25, 0.3) is 0 Å². The van der Waals surface area contributed by atoms with Crippen molar-refractivity contribution in [2.24, 2.45) is 11.8 Å². The zero-order chi connectivity index (χ0) is 14.0. The first-order valence-electron chi connectivity index (χ1n) is 7.38. The lowest BCUT2D eigenvalue weighted by Gasteiger charge is -2.36. The predicted octanol–water partition coefficient (Wildman–Crippen LogP) is 3.18. The smallest absolute Gasteiger partial charge is 0.129 e. The second-order valence-electron chi connectivity index (χ2n) is 6.26. The van der Waals surface area contributed by atoms with Crippen molar-refractivity contribution in [3.8, 4) is 0 Å². The molecule has 0 saturated carbocycles. The van der Waals surface area contributed by atoms with Crippen molar-refractivity contribution in [1.29, 1.82) is 0 Å². The van der Waals surface area contributed by atoms with Gasteiger partial charge in [-0.3, -0.25) is 0 Å². The summed E-state index contributed by atoms with van der Waals surface area (Å²) < 4.78 is 0. The molecule has 3 nitrogen and oxygen atoms in total. The maximum Gasteiger partial charge on any atom is 0.129 e. The van der Waals surface area contributed by atoms with Crippen LogP contribution in [-0.4, -0.2) is 23.2 Å². The summed E-state index contributed by atoms with van der Waals surface area (Å²) in [5, 5.41) is 9.41. The Labute approximate surface area is 116 Å². The van der Waals surface area contributed by atoms with Gasteiger partial charge in [0, 0.05) is 18.8 Å². The fourth-order valence-electron chi connectivity index (χ4n) is 2.61. The van der Waals surface area contributed by atoms with Crippen LogP contribution in [0.3, 0.4) is 0 Å². The number of piperidine rings is 1. The number of anilines is 1. The first kappa shape index (κ1) is 14.3. The van der Waals surface area contributed by atoms with Crippen molar-refractivity contribution in [3.63, 3.8) is 0 Å². The Balaban J connectivity index is 2.26. The summed E-state index contributed by atoms with van der Waals surface area (Å²) in [4.78, 5) is 7.15. The topological polar surface area (TPSA) is 36.4 Å². The van der Waals surface area contributed by atoms with E-state index in [0.717, 1.165) is 36.1 Å². The molecule has 0 amide bonds. The highest BCUT2D eigenvalue weighted by Crippen LogP contribution is 2.27. The Morgan fingerprint density at radius 1 is 1.32 bits per heavy atom. The Kier molecular flexibility index (Phi) is 4.46. The van der Waals surface area contributed by atoms with Crippen LogP contribution in [0.1, 0.15) is 51.3 Å². The Morgan fingerprint density at radius 3 is 2.63 bits per heavy atom. The van der Waals surface area contributed by atoms with Crippen molar-refractivity contribution in [2.75, 3.05) is 18.0 Å². The van der Waals surface area contributed by atoms with Crippen molar-refractivity contribution in [3.05, 3.63) is 23.4 Å². The zero-order valence-electron chi connectivity index (χ0n) is 12.6. The lowest BCUT2D eigenvalue weighted by Crippen LogP contribution is -2.39. The quantitative estimate of drug-likeness (QED) is 0.909. The standard InChI is InChI=1S/C16H26N2O/c1-11(2)15-7-14(10-19)8-16(17-15)18-6-5-12(3)13(4)9-18/h7-8,11-13,19H,5-6,9-10H2,1-4H3. The summed E-state index contributed by atoms with van der Waals surface area (Å²) in [5.41, 5.74) is 2.05. The van der Waals surface area contributed by atoms with Crippen molar-refractivity contribution in [2.45, 2.75) is 46.6 Å². The van der Waals surface area contributed by atoms with Gasteiger partial charge in [-0.2, -0.15) is 0 Å². The van der Waals surface area contributed by atoms with E-state index in [2.05, 4.69) is 32.6 Å². The van der Waals surface area contributed by atoms with E-state index < -0.39 is 0 Å². The number of pyridine rings is 1. The number of hydrogen-bond donors (Lipinski definition) is 1. The molecule has 1 N–H and O–H groups in total. The van der Waals surface area contributed by atoms with Gasteiger partial charge < -0.3 is 10.0 Å². The molecule has 1 fully saturated rings. The maximum atomic E-state index is 9.41. The van der Waals surface area contributed by atoms with Crippen LogP contribution in [0.2, 0.25) is 0 Å². The van der Waals surface area contributed by atoms with Gasteiger partial charge in [0.25, 0.3) is 0 Å². The molecular formula is C16H26N2O. The highest BCUT2D eigenvalue weighted by Gasteiger charge is 2.24. The normalized spacial score (nSPS) is 24.0. The lowest BCUT2D eigenvalue weighted by atomic mass is 9.88. The molecule has 19 heavy (non-hydrogen) atoms. The van der Waals surface area contributed by atoms with Crippen molar-refractivity contribution in [1.82, 2.24) is 4.98 Å². The molecular weight excluding hydrogens is 236 g/mol. The molecule has 0 aromatic carbocycles. The van der Waals surface area contributed by atoms with Gasteiger partial charge in [-0.05, 0) is 41.9 Å². The minimum absolute atomic E-state index is 0.0923. The third-order valence-electron chi connectivity index (χ3n) is 4.32. The summed E-state index contributed by atoms with van der Waals surface area (Å²) in [7, 11) is 0. The first-order valence-corrected chi connectivity index (χ1v) is 7.38. The fourth-order valence-corrected chi connectivity index (χ4v) is 2.61. The van der Waals surface area contributed by atoms with Gasteiger partial charge in [0.2, 0.25) is 0 Å². The van der Waals surface area contributed by atoms with Crippen LogP contribution in [0, 0.1) is 11.8 Å².